The lowest BCUT2D eigenvalue weighted by Crippen LogP contribution is -2.37. The van der Waals surface area contributed by atoms with Gasteiger partial charge in [-0.25, -0.2) is 0 Å². The molecule has 0 radical (unpaired) electrons. The predicted octanol–water partition coefficient (Wildman–Crippen LogP) is 2.50. The van der Waals surface area contributed by atoms with Gasteiger partial charge in [0, 0.05) is 66.6 Å². The molecule has 0 fully saturated rings. The molecule has 18 nitrogen and oxygen atoms in total. The van der Waals surface area contributed by atoms with Crippen molar-refractivity contribution in [3.8, 4) is 23.0 Å². The van der Waals surface area contributed by atoms with Crippen LogP contribution in [0.15, 0.2) is 72.8 Å². The number of phenolic OH excluding ortho intramolecular Hbond substituents is 2. The number of aryl methyl sites for hydroxylation is 2. The molecule has 368 valence electrons. The summed E-state index contributed by atoms with van der Waals surface area (Å²) < 4.78 is 42.9. The van der Waals surface area contributed by atoms with Crippen LogP contribution in [0.1, 0.15) is 69.6 Å². The molecule has 4 aromatic carbocycles. The Balaban J connectivity index is 0.000000266. The lowest BCUT2D eigenvalue weighted by atomic mass is 9.88. The zero-order chi connectivity index (χ0) is 49.3. The molecule has 2 aliphatic carbocycles. The highest BCUT2D eigenvalue weighted by atomic mass is 32.3. The number of carbonyl (C=O) groups excluding carboxylic acids is 2. The van der Waals surface area contributed by atoms with Crippen molar-refractivity contribution in [2.75, 3.05) is 67.7 Å². The Morgan fingerprint density at radius 2 is 1.00 bits per heavy atom. The number of phenols is 2. The van der Waals surface area contributed by atoms with Crippen LogP contribution < -0.4 is 20.1 Å². The third-order valence-corrected chi connectivity index (χ3v) is 11.5. The molecule has 4 atom stereocenters. The lowest BCUT2D eigenvalue weighted by molar-refractivity contribution is -0.131. The number of nitrogens with one attached hydrogen (secondary N) is 2. The van der Waals surface area contributed by atoms with Crippen LogP contribution in [0.5, 0.6) is 23.0 Å². The number of fused-ring (bicyclic) bond motifs is 2. The van der Waals surface area contributed by atoms with E-state index in [4.69, 9.17) is 37.2 Å². The van der Waals surface area contributed by atoms with Crippen LogP contribution in [0.2, 0.25) is 0 Å². The van der Waals surface area contributed by atoms with Crippen molar-refractivity contribution in [1.82, 2.24) is 20.4 Å². The monoisotopic (exact) mass is 954 g/mol. The molecule has 0 saturated heterocycles. The first kappa shape index (κ1) is 54.3. The molecular formula is C48H66N4O14S. The Bertz CT molecular complexity index is 2190. The number of ether oxygens (including phenoxy) is 2. The number of nitrogens with zero attached hydrogens (tertiary/aromatic N) is 2. The molecule has 0 spiro atoms. The molecule has 0 aliphatic heterocycles. The van der Waals surface area contributed by atoms with Crippen molar-refractivity contribution < 1.29 is 67.2 Å². The van der Waals surface area contributed by atoms with E-state index in [1.54, 1.807) is 64.6 Å². The molecule has 0 heterocycles. The van der Waals surface area contributed by atoms with Crippen molar-refractivity contribution in [1.29, 1.82) is 0 Å². The number of aliphatic hydroxyl groups is 4. The zero-order valence-corrected chi connectivity index (χ0v) is 39.3. The Hall–Kier alpha value is -5.35. The Labute approximate surface area is 392 Å². The minimum absolute atomic E-state index is 0.0184. The van der Waals surface area contributed by atoms with E-state index in [0.29, 0.717) is 59.7 Å². The van der Waals surface area contributed by atoms with Crippen molar-refractivity contribution in [3.05, 3.63) is 117 Å². The number of rotatable bonds is 18. The number of hydrogen-bond donors (Lipinski definition) is 10. The van der Waals surface area contributed by atoms with Gasteiger partial charge in [-0.2, -0.15) is 8.42 Å². The summed E-state index contributed by atoms with van der Waals surface area (Å²) in [6, 6.07) is 22.4. The number of amides is 2. The molecule has 10 N–H and O–H groups in total. The summed E-state index contributed by atoms with van der Waals surface area (Å²) in [6.45, 7) is 0.729. The van der Waals surface area contributed by atoms with Gasteiger partial charge in [0.15, 0.2) is 13.2 Å². The summed E-state index contributed by atoms with van der Waals surface area (Å²) in [7, 11) is 2.15. The highest BCUT2D eigenvalue weighted by Gasteiger charge is 2.23. The summed E-state index contributed by atoms with van der Waals surface area (Å²) >= 11 is 0. The summed E-state index contributed by atoms with van der Waals surface area (Å²) in [4.78, 5) is 26.5. The van der Waals surface area contributed by atoms with E-state index in [-0.39, 0.29) is 61.8 Å². The van der Waals surface area contributed by atoms with Gasteiger partial charge in [-0.3, -0.25) is 18.7 Å². The molecule has 19 heteroatoms. The van der Waals surface area contributed by atoms with Crippen molar-refractivity contribution in [3.63, 3.8) is 0 Å². The fourth-order valence-electron chi connectivity index (χ4n) is 7.60. The Kier molecular flexibility index (Phi) is 21.3. The highest BCUT2D eigenvalue weighted by molar-refractivity contribution is 7.79. The molecule has 4 aromatic rings. The smallest absolute Gasteiger partial charge is 0.394 e. The van der Waals surface area contributed by atoms with E-state index >= 15 is 0 Å². The van der Waals surface area contributed by atoms with Crippen LogP contribution in [0.3, 0.4) is 0 Å². The number of benzene rings is 4. The molecule has 0 bridgehead atoms. The molecular weight excluding hydrogens is 889 g/mol. The van der Waals surface area contributed by atoms with Gasteiger partial charge in [-0.15, -0.1) is 0 Å². The van der Waals surface area contributed by atoms with Gasteiger partial charge in [0.25, 0.3) is 11.8 Å². The van der Waals surface area contributed by atoms with E-state index in [2.05, 4.69) is 22.8 Å². The molecule has 0 saturated carbocycles. The SMILES string of the molecule is CN(C)C(=O)COc1ccc2c(c1)C[C@@H](NC[C@@H](O)c1ccc(O)c(CCO)c1)CC2.CN(C)C(=O)COc1ccc2c(c1)C[C@@H](NC[C@@H](O)c1ccc(O)c(CCO)c1)CC2.O=S(=O)(O)O. The Morgan fingerprint density at radius 1 is 0.627 bits per heavy atom. The van der Waals surface area contributed by atoms with Crippen LogP contribution in [0, 0.1) is 0 Å². The first-order valence-electron chi connectivity index (χ1n) is 22.0. The average molecular weight is 955 g/mol. The van der Waals surface area contributed by atoms with Crippen LogP contribution in [-0.2, 0) is 58.5 Å². The second-order valence-corrected chi connectivity index (χ2v) is 17.8. The molecule has 0 aromatic heterocycles. The van der Waals surface area contributed by atoms with Crippen molar-refractivity contribution in [2.45, 2.75) is 75.7 Å². The second kappa shape index (κ2) is 26.3. The summed E-state index contributed by atoms with van der Waals surface area (Å²) in [6.07, 6.45) is 4.79. The summed E-state index contributed by atoms with van der Waals surface area (Å²) in [5.41, 5.74) is 7.66. The van der Waals surface area contributed by atoms with Gasteiger partial charge >= 0.3 is 10.4 Å². The van der Waals surface area contributed by atoms with Gasteiger partial charge in [0.1, 0.15) is 23.0 Å². The highest BCUT2D eigenvalue weighted by Crippen LogP contribution is 2.29. The third-order valence-electron chi connectivity index (χ3n) is 11.5. The van der Waals surface area contributed by atoms with Crippen molar-refractivity contribution >= 4 is 22.2 Å². The normalized spacial score (nSPS) is 16.1. The molecule has 6 rings (SSSR count). The minimum Gasteiger partial charge on any atom is -0.508 e. The molecule has 2 aliphatic rings. The first-order chi connectivity index (χ1) is 31.7. The van der Waals surface area contributed by atoms with Gasteiger partial charge in [0.05, 0.1) is 12.2 Å². The van der Waals surface area contributed by atoms with Crippen molar-refractivity contribution in [2.24, 2.45) is 0 Å². The lowest BCUT2D eigenvalue weighted by Gasteiger charge is -2.27. The van der Waals surface area contributed by atoms with E-state index < -0.39 is 22.6 Å². The maximum absolute atomic E-state index is 11.7. The molecule has 67 heavy (non-hydrogen) atoms. The Morgan fingerprint density at radius 3 is 1.34 bits per heavy atom. The second-order valence-electron chi connectivity index (χ2n) is 16.9. The summed E-state index contributed by atoms with van der Waals surface area (Å²) in [5.74, 6) is 1.48. The maximum Gasteiger partial charge on any atom is 0.394 e. The van der Waals surface area contributed by atoms with E-state index in [1.165, 1.54) is 32.1 Å². The van der Waals surface area contributed by atoms with Gasteiger partial charge in [0.2, 0.25) is 0 Å². The van der Waals surface area contributed by atoms with E-state index in [1.807, 2.05) is 24.3 Å². The maximum atomic E-state index is 11.7. The number of aromatic hydroxyl groups is 2. The first-order valence-corrected chi connectivity index (χ1v) is 23.4. The molecule has 0 unspecified atom stereocenters. The van der Waals surface area contributed by atoms with E-state index in [0.717, 1.165) is 38.5 Å². The van der Waals surface area contributed by atoms with E-state index in [9.17, 15) is 30.0 Å². The minimum atomic E-state index is -4.67. The zero-order valence-electron chi connectivity index (χ0n) is 38.5. The standard InChI is InChI=1S/2C24H32N2O5.H2O4S/c2*1-26(2)24(30)15-31-21-7-4-16-3-6-20(12-19(16)13-21)25-14-23(29)17-5-8-22(28)18(11-17)9-10-27;1-5(2,3)4/h2*4-5,7-8,11,13,20,23,25,27-29H,3,6,9-10,12,14-15H2,1-2H3;(H2,1,2,3,4)/t2*20-,23+;/m00./s1. The predicted molar refractivity (Wildman–Crippen MR) is 251 cm³/mol. The average Bonchev–Trinajstić information content (AvgIpc) is 3.29. The van der Waals surface area contributed by atoms with Gasteiger partial charge in [-0.1, -0.05) is 24.3 Å². The fraction of sp³-hybridized carbons (Fsp3) is 0.458. The molecule has 2 amide bonds. The third kappa shape index (κ3) is 18.3. The fourth-order valence-corrected chi connectivity index (χ4v) is 7.60. The number of likely N-dealkylation sites (N-methyl/N-ethyl adjacent to an activating group) is 2. The summed E-state index contributed by atoms with van der Waals surface area (Å²) in [5, 5.41) is 66.0. The van der Waals surface area contributed by atoms with Crippen LogP contribution in [0.4, 0.5) is 0 Å². The number of carbonyl (C=O) groups is 2. The largest absolute Gasteiger partial charge is 0.508 e. The number of aliphatic hydroxyl groups excluding tert-OH is 4. The van der Waals surface area contributed by atoms with Crippen LogP contribution in [-0.4, -0.2) is 150 Å². The number of hydrogen-bond acceptors (Lipinski definition) is 14. The topological polar surface area (TPSA) is 279 Å². The van der Waals surface area contributed by atoms with Gasteiger partial charge in [-0.05, 0) is 144 Å². The van der Waals surface area contributed by atoms with Crippen LogP contribution in [0.25, 0.3) is 0 Å². The van der Waals surface area contributed by atoms with Gasteiger partial charge < -0.3 is 60.5 Å². The quantitative estimate of drug-likeness (QED) is 0.0642. The van der Waals surface area contributed by atoms with Crippen LogP contribution >= 0.6 is 0 Å².